The van der Waals surface area contributed by atoms with E-state index < -0.39 is 0 Å². The standard InChI is InChI=1S/C14H11N3O/c18-14-5-7-15-10-17(14)9-11-3-4-13-12(8-11)2-1-6-16-13/h1-8,10H,9H2. The minimum absolute atomic E-state index is 0.0451. The van der Waals surface area contributed by atoms with Crippen LogP contribution in [0.25, 0.3) is 10.9 Å². The van der Waals surface area contributed by atoms with Crippen molar-refractivity contribution in [1.82, 2.24) is 14.5 Å². The number of hydrogen-bond donors (Lipinski definition) is 0. The lowest BCUT2D eigenvalue weighted by Gasteiger charge is -2.05. The zero-order valence-corrected chi connectivity index (χ0v) is 9.65. The molecule has 3 rings (SSSR count). The molecule has 2 aromatic heterocycles. The fourth-order valence-electron chi connectivity index (χ4n) is 1.92. The van der Waals surface area contributed by atoms with Crippen LogP contribution < -0.4 is 5.56 Å². The molecule has 0 radical (unpaired) electrons. The molecule has 88 valence electrons. The van der Waals surface area contributed by atoms with E-state index in [1.807, 2.05) is 30.3 Å². The second kappa shape index (κ2) is 4.41. The number of aromatic nitrogens is 3. The van der Waals surface area contributed by atoms with Gasteiger partial charge in [0, 0.05) is 23.8 Å². The van der Waals surface area contributed by atoms with Crippen molar-refractivity contribution in [3.8, 4) is 0 Å². The van der Waals surface area contributed by atoms with Crippen molar-refractivity contribution in [3.05, 3.63) is 71.0 Å². The normalized spacial score (nSPS) is 10.7. The van der Waals surface area contributed by atoms with Crippen molar-refractivity contribution in [3.63, 3.8) is 0 Å². The van der Waals surface area contributed by atoms with Gasteiger partial charge in [-0.25, -0.2) is 4.98 Å². The van der Waals surface area contributed by atoms with Gasteiger partial charge in [0.15, 0.2) is 0 Å². The minimum Gasteiger partial charge on any atom is -0.295 e. The number of pyridine rings is 1. The predicted octanol–water partition coefficient (Wildman–Crippen LogP) is 1.84. The predicted molar refractivity (Wildman–Crippen MR) is 69.3 cm³/mol. The highest BCUT2D eigenvalue weighted by Crippen LogP contribution is 2.13. The molecule has 0 aliphatic carbocycles. The average molecular weight is 237 g/mol. The van der Waals surface area contributed by atoms with Crippen molar-refractivity contribution >= 4 is 10.9 Å². The monoisotopic (exact) mass is 237 g/mol. The second-order valence-electron chi connectivity index (χ2n) is 4.08. The van der Waals surface area contributed by atoms with Gasteiger partial charge in [-0.15, -0.1) is 0 Å². The zero-order valence-electron chi connectivity index (χ0n) is 9.65. The van der Waals surface area contributed by atoms with Gasteiger partial charge in [0.2, 0.25) is 0 Å². The van der Waals surface area contributed by atoms with Crippen LogP contribution in [0.1, 0.15) is 5.56 Å². The third kappa shape index (κ3) is 2.00. The molecule has 4 nitrogen and oxygen atoms in total. The van der Waals surface area contributed by atoms with Crippen LogP contribution in [0.2, 0.25) is 0 Å². The quantitative estimate of drug-likeness (QED) is 0.683. The maximum absolute atomic E-state index is 11.6. The summed E-state index contributed by atoms with van der Waals surface area (Å²) < 4.78 is 1.58. The topological polar surface area (TPSA) is 47.8 Å². The van der Waals surface area contributed by atoms with E-state index in [9.17, 15) is 4.79 Å². The van der Waals surface area contributed by atoms with Gasteiger partial charge in [0.1, 0.15) is 0 Å². The van der Waals surface area contributed by atoms with Crippen LogP contribution in [0.5, 0.6) is 0 Å². The molecule has 1 aromatic carbocycles. The summed E-state index contributed by atoms with van der Waals surface area (Å²) in [5, 5.41) is 1.08. The molecule has 4 heteroatoms. The summed E-state index contributed by atoms with van der Waals surface area (Å²) in [6, 6.07) is 11.4. The Balaban J connectivity index is 2.01. The fourth-order valence-corrected chi connectivity index (χ4v) is 1.92. The molecule has 18 heavy (non-hydrogen) atoms. The van der Waals surface area contributed by atoms with Crippen LogP contribution in [-0.2, 0) is 6.54 Å². The molecule has 0 N–H and O–H groups in total. The first kappa shape index (κ1) is 10.7. The molecule has 2 heterocycles. The second-order valence-corrected chi connectivity index (χ2v) is 4.08. The molecule has 0 saturated carbocycles. The van der Waals surface area contributed by atoms with Crippen molar-refractivity contribution in [1.29, 1.82) is 0 Å². The summed E-state index contributed by atoms with van der Waals surface area (Å²) in [5.41, 5.74) is 1.97. The maximum atomic E-state index is 11.6. The van der Waals surface area contributed by atoms with E-state index in [0.717, 1.165) is 16.5 Å². The number of hydrogen-bond acceptors (Lipinski definition) is 3. The molecule has 0 aliphatic rings. The zero-order chi connectivity index (χ0) is 12.4. The van der Waals surface area contributed by atoms with Crippen molar-refractivity contribution in [2.45, 2.75) is 6.54 Å². The van der Waals surface area contributed by atoms with Gasteiger partial charge in [-0.2, -0.15) is 0 Å². The molecule has 0 fully saturated rings. The van der Waals surface area contributed by atoms with E-state index in [1.54, 1.807) is 17.1 Å². The first-order chi connectivity index (χ1) is 8.83. The highest BCUT2D eigenvalue weighted by molar-refractivity contribution is 5.78. The smallest absolute Gasteiger partial charge is 0.253 e. The summed E-state index contributed by atoms with van der Waals surface area (Å²) in [7, 11) is 0. The lowest BCUT2D eigenvalue weighted by molar-refractivity contribution is 0.736. The van der Waals surface area contributed by atoms with Crippen LogP contribution >= 0.6 is 0 Å². The van der Waals surface area contributed by atoms with Crippen molar-refractivity contribution in [2.24, 2.45) is 0 Å². The van der Waals surface area contributed by atoms with Gasteiger partial charge >= 0.3 is 0 Å². The lowest BCUT2D eigenvalue weighted by Crippen LogP contribution is -2.19. The van der Waals surface area contributed by atoms with Crippen LogP contribution in [0.4, 0.5) is 0 Å². The van der Waals surface area contributed by atoms with E-state index >= 15 is 0 Å². The molecule has 0 aliphatic heterocycles. The lowest BCUT2D eigenvalue weighted by atomic mass is 10.1. The molecule has 0 atom stereocenters. The molecule has 0 spiro atoms. The Morgan fingerprint density at radius 2 is 2.06 bits per heavy atom. The van der Waals surface area contributed by atoms with Crippen LogP contribution in [0.3, 0.4) is 0 Å². The number of rotatable bonds is 2. The molecule has 0 bridgehead atoms. The largest absolute Gasteiger partial charge is 0.295 e. The average Bonchev–Trinajstić information content (AvgIpc) is 2.41. The van der Waals surface area contributed by atoms with E-state index in [1.165, 1.54) is 12.3 Å². The highest BCUT2D eigenvalue weighted by Gasteiger charge is 1.99. The Morgan fingerprint density at radius 1 is 1.11 bits per heavy atom. The minimum atomic E-state index is -0.0451. The van der Waals surface area contributed by atoms with Crippen LogP contribution in [-0.4, -0.2) is 14.5 Å². The Hall–Kier alpha value is -2.49. The molecule has 3 aromatic rings. The summed E-state index contributed by atoms with van der Waals surface area (Å²) >= 11 is 0. The number of fused-ring (bicyclic) bond motifs is 1. The first-order valence-corrected chi connectivity index (χ1v) is 5.67. The molecular weight excluding hydrogens is 226 g/mol. The van der Waals surface area contributed by atoms with E-state index in [-0.39, 0.29) is 5.56 Å². The van der Waals surface area contributed by atoms with Gasteiger partial charge < -0.3 is 0 Å². The van der Waals surface area contributed by atoms with Gasteiger partial charge in [-0.3, -0.25) is 14.3 Å². The third-order valence-corrected chi connectivity index (χ3v) is 2.81. The fraction of sp³-hybridized carbons (Fsp3) is 0.0714. The maximum Gasteiger partial charge on any atom is 0.253 e. The van der Waals surface area contributed by atoms with Gasteiger partial charge in [-0.1, -0.05) is 12.1 Å². The van der Waals surface area contributed by atoms with Crippen LogP contribution in [0.15, 0.2) is 59.9 Å². The molecule has 0 saturated heterocycles. The first-order valence-electron chi connectivity index (χ1n) is 5.67. The van der Waals surface area contributed by atoms with E-state index in [0.29, 0.717) is 6.54 Å². The Bertz CT molecular complexity index is 749. The van der Waals surface area contributed by atoms with E-state index in [4.69, 9.17) is 0 Å². The molecular formula is C14H11N3O. The number of nitrogens with zero attached hydrogens (tertiary/aromatic N) is 3. The Labute approximate surface area is 104 Å². The highest BCUT2D eigenvalue weighted by atomic mass is 16.1. The van der Waals surface area contributed by atoms with Gasteiger partial charge in [0.05, 0.1) is 18.4 Å². The Kier molecular flexibility index (Phi) is 2.61. The number of benzene rings is 1. The summed E-state index contributed by atoms with van der Waals surface area (Å²) in [4.78, 5) is 19.8. The van der Waals surface area contributed by atoms with Crippen molar-refractivity contribution < 1.29 is 0 Å². The SMILES string of the molecule is O=c1ccncn1Cc1ccc2ncccc2c1. The van der Waals surface area contributed by atoms with Crippen molar-refractivity contribution in [2.75, 3.05) is 0 Å². The summed E-state index contributed by atoms with van der Waals surface area (Å²) in [6.07, 6.45) is 4.83. The molecule has 0 unspecified atom stereocenters. The molecule has 0 amide bonds. The summed E-state index contributed by atoms with van der Waals surface area (Å²) in [5.74, 6) is 0. The van der Waals surface area contributed by atoms with E-state index in [2.05, 4.69) is 9.97 Å². The third-order valence-electron chi connectivity index (χ3n) is 2.81. The van der Waals surface area contributed by atoms with Gasteiger partial charge in [-0.05, 0) is 23.8 Å². The van der Waals surface area contributed by atoms with Gasteiger partial charge in [0.25, 0.3) is 5.56 Å². The summed E-state index contributed by atoms with van der Waals surface area (Å²) in [6.45, 7) is 0.525. The van der Waals surface area contributed by atoms with Crippen LogP contribution in [0, 0.1) is 0 Å². The Morgan fingerprint density at radius 3 is 2.94 bits per heavy atom.